The minimum absolute atomic E-state index is 0.223. The molecular formula is C34H36N6O7. The van der Waals surface area contributed by atoms with Gasteiger partial charge in [0.25, 0.3) is 0 Å². The van der Waals surface area contributed by atoms with Crippen LogP contribution in [0.25, 0.3) is 0 Å². The van der Waals surface area contributed by atoms with E-state index < -0.39 is 0 Å². The van der Waals surface area contributed by atoms with E-state index in [4.69, 9.17) is 35.4 Å². The lowest BCUT2D eigenvalue weighted by Crippen LogP contribution is -2.16. The standard InChI is InChI=1S/C34H36N6O7/c35-39-23-27-3-1-5-29(31(27)33(41)25-7-11-37-12-8-25)46-21-19-44-17-15-43-16-18-45-20-22-47-30-6-2-4-28(24-40-36)32(30)34(42)26-9-13-38-14-10-26/h1-14,23-24H,15-22,35-36H2. The number of rotatable bonds is 20. The van der Waals surface area contributed by atoms with Crippen molar-refractivity contribution in [2.45, 2.75) is 0 Å². The maximum Gasteiger partial charge on any atom is 0.197 e. The number of aromatic nitrogens is 2. The van der Waals surface area contributed by atoms with Gasteiger partial charge in [0.05, 0.1) is 63.2 Å². The fourth-order valence-electron chi connectivity index (χ4n) is 4.46. The van der Waals surface area contributed by atoms with E-state index in [-0.39, 0.29) is 24.8 Å². The van der Waals surface area contributed by atoms with Crippen molar-refractivity contribution in [1.82, 2.24) is 9.97 Å². The summed E-state index contributed by atoms with van der Waals surface area (Å²) in [7, 11) is 0. The van der Waals surface area contributed by atoms with Crippen molar-refractivity contribution in [2.24, 2.45) is 21.9 Å². The molecule has 4 N–H and O–H groups in total. The molecule has 0 saturated carbocycles. The monoisotopic (exact) mass is 640 g/mol. The number of ketones is 2. The highest BCUT2D eigenvalue weighted by molar-refractivity contribution is 6.15. The van der Waals surface area contributed by atoms with Gasteiger partial charge in [-0.3, -0.25) is 19.6 Å². The van der Waals surface area contributed by atoms with Gasteiger partial charge >= 0.3 is 0 Å². The third-order valence-corrected chi connectivity index (χ3v) is 6.60. The normalized spacial score (nSPS) is 11.2. The van der Waals surface area contributed by atoms with E-state index in [0.29, 0.717) is 84.5 Å². The van der Waals surface area contributed by atoms with Crippen molar-refractivity contribution in [3.8, 4) is 11.5 Å². The Hall–Kier alpha value is -5.50. The van der Waals surface area contributed by atoms with Crippen LogP contribution in [0.4, 0.5) is 0 Å². The van der Waals surface area contributed by atoms with E-state index in [1.807, 2.05) is 0 Å². The molecule has 13 heteroatoms. The minimum Gasteiger partial charge on any atom is -0.490 e. The number of nitrogens with two attached hydrogens (primary N) is 2. The van der Waals surface area contributed by atoms with Gasteiger partial charge < -0.3 is 35.4 Å². The average molecular weight is 641 g/mol. The zero-order valence-electron chi connectivity index (χ0n) is 25.7. The summed E-state index contributed by atoms with van der Waals surface area (Å²) in [6.45, 7) is 2.46. The maximum absolute atomic E-state index is 13.2. The lowest BCUT2D eigenvalue weighted by Gasteiger charge is -2.14. The number of carbonyl (C=O) groups is 2. The molecule has 47 heavy (non-hydrogen) atoms. The quantitative estimate of drug-likeness (QED) is 0.0476. The van der Waals surface area contributed by atoms with E-state index in [9.17, 15) is 9.59 Å². The second-order valence-corrected chi connectivity index (χ2v) is 9.66. The van der Waals surface area contributed by atoms with Gasteiger partial charge in [-0.05, 0) is 36.4 Å². The molecule has 0 bridgehead atoms. The van der Waals surface area contributed by atoms with Crippen molar-refractivity contribution < 1.29 is 33.3 Å². The second kappa shape index (κ2) is 19.1. The third kappa shape index (κ3) is 10.3. The van der Waals surface area contributed by atoms with Gasteiger partial charge in [0.15, 0.2) is 11.6 Å². The number of carbonyl (C=O) groups excluding carboxylic acids is 2. The van der Waals surface area contributed by atoms with Gasteiger partial charge in [0, 0.05) is 47.0 Å². The lowest BCUT2D eigenvalue weighted by molar-refractivity contribution is 0.00493. The molecule has 2 aromatic carbocycles. The van der Waals surface area contributed by atoms with Crippen molar-refractivity contribution in [3.05, 3.63) is 119 Å². The predicted octanol–water partition coefficient (Wildman–Crippen LogP) is 3.03. The molecule has 0 saturated heterocycles. The Morgan fingerprint density at radius 1 is 0.553 bits per heavy atom. The summed E-state index contributed by atoms with van der Waals surface area (Å²) in [4.78, 5) is 34.3. The minimum atomic E-state index is -0.228. The SMILES string of the molecule is NN=Cc1cccc(OCCOCCOCCOCCOc2cccc(C=NN)c2C(=O)c2ccncc2)c1C(=O)c1ccncc1. The molecule has 244 valence electrons. The Bertz CT molecular complexity index is 1510. The van der Waals surface area contributed by atoms with Crippen molar-refractivity contribution >= 4 is 24.0 Å². The van der Waals surface area contributed by atoms with Gasteiger partial charge in [0.2, 0.25) is 0 Å². The number of benzene rings is 2. The van der Waals surface area contributed by atoms with E-state index in [2.05, 4.69) is 20.2 Å². The van der Waals surface area contributed by atoms with Crippen molar-refractivity contribution in [3.63, 3.8) is 0 Å². The molecule has 0 aliphatic heterocycles. The van der Waals surface area contributed by atoms with Crippen molar-refractivity contribution in [2.75, 3.05) is 52.9 Å². The second-order valence-electron chi connectivity index (χ2n) is 9.66. The summed E-state index contributed by atoms with van der Waals surface area (Å²) >= 11 is 0. The van der Waals surface area contributed by atoms with Crippen LogP contribution < -0.4 is 21.2 Å². The van der Waals surface area contributed by atoms with E-state index in [0.717, 1.165) is 0 Å². The molecule has 0 amide bonds. The zero-order chi connectivity index (χ0) is 33.1. The Morgan fingerprint density at radius 3 is 1.28 bits per heavy atom. The lowest BCUT2D eigenvalue weighted by atomic mass is 9.98. The first kappa shape index (κ1) is 34.4. The first-order chi connectivity index (χ1) is 23.1. The maximum atomic E-state index is 13.2. The van der Waals surface area contributed by atoms with Gasteiger partial charge in [-0.25, -0.2) is 0 Å². The topological polar surface area (TPSA) is 183 Å². The Balaban J connectivity index is 1.12. The first-order valence-electron chi connectivity index (χ1n) is 14.7. The van der Waals surface area contributed by atoms with E-state index in [1.54, 1.807) is 85.5 Å². The smallest absolute Gasteiger partial charge is 0.197 e. The van der Waals surface area contributed by atoms with Crippen LogP contribution in [0.2, 0.25) is 0 Å². The van der Waals surface area contributed by atoms with Crippen LogP contribution in [-0.4, -0.2) is 86.8 Å². The van der Waals surface area contributed by atoms with Gasteiger partial charge in [-0.1, -0.05) is 24.3 Å². The summed E-state index contributed by atoms with van der Waals surface area (Å²) in [6.07, 6.45) is 9.03. The number of pyridine rings is 2. The van der Waals surface area contributed by atoms with Crippen LogP contribution in [0.15, 0.2) is 95.7 Å². The molecule has 0 aliphatic rings. The molecule has 4 rings (SSSR count). The van der Waals surface area contributed by atoms with Crippen LogP contribution in [0.3, 0.4) is 0 Å². The molecule has 2 aromatic heterocycles. The highest BCUT2D eigenvalue weighted by Gasteiger charge is 2.20. The zero-order valence-corrected chi connectivity index (χ0v) is 25.7. The number of ether oxygens (including phenoxy) is 5. The fourth-order valence-corrected chi connectivity index (χ4v) is 4.46. The van der Waals surface area contributed by atoms with Crippen LogP contribution in [0.5, 0.6) is 11.5 Å². The molecular weight excluding hydrogens is 604 g/mol. The van der Waals surface area contributed by atoms with Crippen molar-refractivity contribution in [1.29, 1.82) is 0 Å². The van der Waals surface area contributed by atoms with E-state index >= 15 is 0 Å². The molecule has 4 aromatic rings. The Labute approximate surface area is 272 Å². The van der Waals surface area contributed by atoms with Crippen LogP contribution >= 0.6 is 0 Å². The third-order valence-electron chi connectivity index (χ3n) is 6.60. The average Bonchev–Trinajstić information content (AvgIpc) is 3.11. The highest BCUT2D eigenvalue weighted by Crippen LogP contribution is 2.26. The molecule has 0 fully saturated rings. The molecule has 0 atom stereocenters. The molecule has 0 radical (unpaired) electrons. The summed E-state index contributed by atoms with van der Waals surface area (Å²) < 4.78 is 28.5. The number of hydrazone groups is 2. The first-order valence-corrected chi connectivity index (χ1v) is 14.7. The highest BCUT2D eigenvalue weighted by atomic mass is 16.6. The van der Waals surface area contributed by atoms with Crippen LogP contribution in [0.1, 0.15) is 43.0 Å². The number of nitrogens with zero attached hydrogens (tertiary/aromatic N) is 4. The van der Waals surface area contributed by atoms with Crippen LogP contribution in [0, 0.1) is 0 Å². The molecule has 2 heterocycles. The Kier molecular flexibility index (Phi) is 14.0. The van der Waals surface area contributed by atoms with Gasteiger partial charge in [0.1, 0.15) is 24.7 Å². The number of hydrogen-bond donors (Lipinski definition) is 2. The fraction of sp³-hybridized carbons (Fsp3) is 0.235. The summed E-state index contributed by atoms with van der Waals surface area (Å²) in [6, 6.07) is 17.0. The summed E-state index contributed by atoms with van der Waals surface area (Å²) in [5.41, 5.74) is 2.74. The Morgan fingerprint density at radius 2 is 0.915 bits per heavy atom. The van der Waals surface area contributed by atoms with Crippen LogP contribution in [-0.2, 0) is 14.2 Å². The van der Waals surface area contributed by atoms with Gasteiger partial charge in [-0.15, -0.1) is 0 Å². The van der Waals surface area contributed by atoms with E-state index in [1.165, 1.54) is 12.4 Å². The summed E-state index contributed by atoms with van der Waals surface area (Å²) in [5.74, 6) is 11.0. The van der Waals surface area contributed by atoms with Gasteiger partial charge in [-0.2, -0.15) is 10.2 Å². The largest absolute Gasteiger partial charge is 0.490 e. The summed E-state index contributed by atoms with van der Waals surface area (Å²) in [5, 5.41) is 7.14. The number of hydrogen-bond acceptors (Lipinski definition) is 13. The molecule has 0 unspecified atom stereocenters. The predicted molar refractivity (Wildman–Crippen MR) is 175 cm³/mol. The molecule has 13 nitrogen and oxygen atoms in total. The molecule has 0 aliphatic carbocycles. The molecule has 0 spiro atoms.